The van der Waals surface area contributed by atoms with E-state index in [2.05, 4.69) is 0 Å². The van der Waals surface area contributed by atoms with E-state index in [4.69, 9.17) is 14.6 Å². The highest BCUT2D eigenvalue weighted by atomic mass is 19.1. The SMILES string of the molecule is O=C(O)C(O)=CC(=O)c1ccoc1Cc1ccc(F)cc1. The van der Waals surface area contributed by atoms with E-state index in [1.807, 2.05) is 0 Å². The fraction of sp³-hybridized carbons (Fsp3) is 0.0667. The Bertz CT molecular complexity index is 697. The van der Waals surface area contributed by atoms with Crippen LogP contribution < -0.4 is 0 Å². The van der Waals surface area contributed by atoms with Crippen LogP contribution in [0.5, 0.6) is 0 Å². The standard InChI is InChI=1S/C15H11FO5/c16-10-3-1-9(2-4-10)7-14-11(5-6-21-14)12(17)8-13(18)15(19)20/h1-6,8,18H,7H2,(H,19,20). The van der Waals surface area contributed by atoms with Crippen LogP contribution >= 0.6 is 0 Å². The van der Waals surface area contributed by atoms with Gasteiger partial charge in [-0.15, -0.1) is 0 Å². The van der Waals surface area contributed by atoms with Crippen molar-refractivity contribution in [1.82, 2.24) is 0 Å². The molecule has 2 aromatic rings. The third-order valence-corrected chi connectivity index (χ3v) is 2.78. The second-order valence-electron chi connectivity index (χ2n) is 4.26. The van der Waals surface area contributed by atoms with E-state index in [1.54, 1.807) is 12.1 Å². The van der Waals surface area contributed by atoms with Crippen molar-refractivity contribution in [2.75, 3.05) is 0 Å². The lowest BCUT2D eigenvalue weighted by molar-refractivity contribution is -0.135. The number of rotatable bonds is 5. The molecule has 6 heteroatoms. The molecule has 0 aliphatic carbocycles. The highest BCUT2D eigenvalue weighted by molar-refractivity contribution is 6.08. The van der Waals surface area contributed by atoms with Crippen molar-refractivity contribution in [2.24, 2.45) is 0 Å². The third kappa shape index (κ3) is 3.56. The summed E-state index contributed by atoms with van der Waals surface area (Å²) in [6.07, 6.45) is 2.15. The number of halogens is 1. The average molecular weight is 290 g/mol. The summed E-state index contributed by atoms with van der Waals surface area (Å²) in [4.78, 5) is 22.3. The maximum atomic E-state index is 12.8. The number of aliphatic hydroxyl groups is 1. The highest BCUT2D eigenvalue weighted by Gasteiger charge is 2.16. The Morgan fingerprint density at radius 1 is 1.14 bits per heavy atom. The lowest BCUT2D eigenvalue weighted by atomic mass is 10.0. The van der Waals surface area contributed by atoms with Crippen molar-refractivity contribution in [3.8, 4) is 0 Å². The Balaban J connectivity index is 2.22. The first-order valence-corrected chi connectivity index (χ1v) is 5.96. The van der Waals surface area contributed by atoms with Crippen LogP contribution in [0.4, 0.5) is 4.39 Å². The predicted molar refractivity (Wildman–Crippen MR) is 70.6 cm³/mol. The number of hydrogen-bond acceptors (Lipinski definition) is 4. The Kier molecular flexibility index (Phi) is 4.18. The smallest absolute Gasteiger partial charge is 0.371 e. The molecule has 2 N–H and O–H groups in total. The summed E-state index contributed by atoms with van der Waals surface area (Å²) in [6, 6.07) is 7.06. The Morgan fingerprint density at radius 3 is 2.43 bits per heavy atom. The number of benzene rings is 1. The molecule has 1 heterocycles. The molecule has 0 saturated heterocycles. The topological polar surface area (TPSA) is 87.7 Å². The number of furan rings is 1. The van der Waals surface area contributed by atoms with Crippen molar-refractivity contribution in [3.05, 3.63) is 71.1 Å². The van der Waals surface area contributed by atoms with Gasteiger partial charge in [-0.2, -0.15) is 0 Å². The zero-order chi connectivity index (χ0) is 15.4. The van der Waals surface area contributed by atoms with E-state index < -0.39 is 17.5 Å². The molecule has 0 radical (unpaired) electrons. The highest BCUT2D eigenvalue weighted by Crippen LogP contribution is 2.17. The van der Waals surface area contributed by atoms with Crippen molar-refractivity contribution in [3.63, 3.8) is 0 Å². The first-order valence-electron chi connectivity index (χ1n) is 5.96. The van der Waals surface area contributed by atoms with E-state index in [1.165, 1.54) is 24.5 Å². The molecule has 2 rings (SSSR count). The second kappa shape index (κ2) is 6.04. The van der Waals surface area contributed by atoms with Crippen LogP contribution in [-0.2, 0) is 11.2 Å². The van der Waals surface area contributed by atoms with Crippen molar-refractivity contribution in [1.29, 1.82) is 0 Å². The summed E-state index contributed by atoms with van der Waals surface area (Å²) < 4.78 is 18.0. The summed E-state index contributed by atoms with van der Waals surface area (Å²) in [7, 11) is 0. The minimum absolute atomic E-state index is 0.145. The molecule has 0 atom stereocenters. The van der Waals surface area contributed by atoms with E-state index in [9.17, 15) is 14.0 Å². The zero-order valence-electron chi connectivity index (χ0n) is 10.7. The minimum Gasteiger partial charge on any atom is -0.502 e. The maximum Gasteiger partial charge on any atom is 0.371 e. The Morgan fingerprint density at radius 2 is 1.81 bits per heavy atom. The number of carboxylic acid groups (broad SMARTS) is 1. The van der Waals surface area contributed by atoms with Crippen LogP contribution in [0, 0.1) is 5.82 Å². The molecule has 1 aromatic carbocycles. The molecule has 0 saturated carbocycles. The summed E-state index contributed by atoms with van der Waals surface area (Å²) in [5, 5.41) is 17.6. The molecule has 0 amide bonds. The van der Waals surface area contributed by atoms with Crippen LogP contribution in [0.2, 0.25) is 0 Å². The van der Waals surface area contributed by atoms with Gasteiger partial charge in [0, 0.05) is 12.5 Å². The quantitative estimate of drug-likeness (QED) is 0.502. The zero-order valence-corrected chi connectivity index (χ0v) is 10.7. The Hall–Kier alpha value is -2.89. The molecule has 0 fully saturated rings. The van der Waals surface area contributed by atoms with Gasteiger partial charge in [-0.1, -0.05) is 12.1 Å². The molecular formula is C15H11FO5. The molecule has 1 aromatic heterocycles. The van der Waals surface area contributed by atoms with Gasteiger partial charge in [0.2, 0.25) is 5.76 Å². The normalized spacial score (nSPS) is 11.4. The number of allylic oxidation sites excluding steroid dienone is 1. The maximum absolute atomic E-state index is 12.8. The van der Waals surface area contributed by atoms with Gasteiger partial charge < -0.3 is 14.6 Å². The molecule has 0 spiro atoms. The number of aliphatic carboxylic acids is 1. The van der Waals surface area contributed by atoms with Crippen LogP contribution in [0.3, 0.4) is 0 Å². The van der Waals surface area contributed by atoms with Gasteiger partial charge in [0.05, 0.1) is 11.8 Å². The number of ketones is 1. The summed E-state index contributed by atoms with van der Waals surface area (Å²) in [5.41, 5.74) is 0.874. The van der Waals surface area contributed by atoms with Gasteiger partial charge in [0.25, 0.3) is 0 Å². The minimum atomic E-state index is -1.59. The molecule has 5 nitrogen and oxygen atoms in total. The first-order chi connectivity index (χ1) is 9.97. The predicted octanol–water partition coefficient (Wildman–Crippen LogP) is 2.72. The molecular weight excluding hydrogens is 279 g/mol. The summed E-state index contributed by atoms with van der Waals surface area (Å²) >= 11 is 0. The number of hydrogen-bond donors (Lipinski definition) is 2. The Labute approximate surface area is 118 Å². The van der Waals surface area contributed by atoms with Crippen LogP contribution in [-0.4, -0.2) is 22.0 Å². The van der Waals surface area contributed by atoms with E-state index >= 15 is 0 Å². The van der Waals surface area contributed by atoms with Gasteiger partial charge >= 0.3 is 5.97 Å². The van der Waals surface area contributed by atoms with E-state index in [-0.39, 0.29) is 17.8 Å². The average Bonchev–Trinajstić information content (AvgIpc) is 2.89. The molecule has 108 valence electrons. The van der Waals surface area contributed by atoms with Gasteiger partial charge in [-0.05, 0) is 23.8 Å². The number of carbonyl (C=O) groups excluding carboxylic acids is 1. The first kappa shape index (κ1) is 14.5. The largest absolute Gasteiger partial charge is 0.502 e. The van der Waals surface area contributed by atoms with Gasteiger partial charge in [0.15, 0.2) is 5.78 Å². The van der Waals surface area contributed by atoms with Crippen molar-refractivity contribution < 1.29 is 28.6 Å². The van der Waals surface area contributed by atoms with E-state index in [0.717, 1.165) is 5.56 Å². The van der Waals surface area contributed by atoms with Gasteiger partial charge in [-0.25, -0.2) is 9.18 Å². The lowest BCUT2D eigenvalue weighted by Crippen LogP contribution is -2.05. The summed E-state index contributed by atoms with van der Waals surface area (Å²) in [6.45, 7) is 0. The van der Waals surface area contributed by atoms with Crippen LogP contribution in [0.25, 0.3) is 0 Å². The lowest BCUT2D eigenvalue weighted by Gasteiger charge is -2.01. The molecule has 0 bridgehead atoms. The van der Waals surface area contributed by atoms with Crippen molar-refractivity contribution in [2.45, 2.75) is 6.42 Å². The van der Waals surface area contributed by atoms with Gasteiger partial charge in [0.1, 0.15) is 11.6 Å². The fourth-order valence-corrected chi connectivity index (χ4v) is 1.75. The number of aliphatic hydroxyl groups excluding tert-OH is 1. The monoisotopic (exact) mass is 290 g/mol. The van der Waals surface area contributed by atoms with Crippen LogP contribution in [0.15, 0.2) is 52.8 Å². The molecule has 0 aliphatic rings. The van der Waals surface area contributed by atoms with Crippen LogP contribution in [0.1, 0.15) is 21.7 Å². The van der Waals surface area contributed by atoms with Gasteiger partial charge in [-0.3, -0.25) is 4.79 Å². The molecule has 0 unspecified atom stereocenters. The summed E-state index contributed by atoms with van der Waals surface area (Å²) in [5.74, 6) is -3.38. The third-order valence-electron chi connectivity index (χ3n) is 2.78. The number of carboxylic acids is 1. The van der Waals surface area contributed by atoms with Crippen molar-refractivity contribution >= 4 is 11.8 Å². The second-order valence-corrected chi connectivity index (χ2v) is 4.26. The van der Waals surface area contributed by atoms with E-state index in [0.29, 0.717) is 11.8 Å². The fourth-order valence-electron chi connectivity index (χ4n) is 1.75. The molecule has 0 aliphatic heterocycles. The number of carbonyl (C=O) groups is 2. The molecule has 21 heavy (non-hydrogen) atoms.